The van der Waals surface area contributed by atoms with Crippen LogP contribution in [0.25, 0.3) is 0 Å². The summed E-state index contributed by atoms with van der Waals surface area (Å²) in [5, 5.41) is 85.9. The van der Waals surface area contributed by atoms with Crippen LogP contribution in [0.5, 0.6) is 0 Å². The molecule has 0 spiro atoms. The summed E-state index contributed by atoms with van der Waals surface area (Å²) in [6.07, 6.45) is -18.3. The van der Waals surface area contributed by atoms with Crippen LogP contribution in [0.15, 0.2) is 0 Å². The van der Waals surface area contributed by atoms with Gasteiger partial charge in [-0.05, 0) is 6.42 Å². The highest BCUT2D eigenvalue weighted by Gasteiger charge is 2.54. The van der Waals surface area contributed by atoms with Crippen LogP contribution in [-0.4, -0.2) is 212 Å². The van der Waals surface area contributed by atoms with E-state index in [1.165, 1.54) is 0 Å². The second kappa shape index (κ2) is 23.8. The SMILES string of the molecule is NCCNC(=O)NCC1OC(OC2C(NC(=O)NCCN)CC(NC(=O)NCCN)C(OC3OC(CO)C(O)C(NC(=O)NCCN)C3O)C2O)C(N)C(O)C1O. The van der Waals surface area contributed by atoms with Gasteiger partial charge in [0.05, 0.1) is 30.8 Å². The molecular weight excluding hydrogens is 766 g/mol. The summed E-state index contributed by atoms with van der Waals surface area (Å²) in [7, 11) is 0. The van der Waals surface area contributed by atoms with Crippen LogP contribution >= 0.6 is 0 Å². The molecule has 0 aromatic rings. The molecule has 3 rings (SSSR count). The second-order valence-corrected chi connectivity index (χ2v) is 13.5. The maximum atomic E-state index is 13.0. The monoisotopic (exact) mass is 827 g/mol. The molecular formula is C30H61N13O14. The Morgan fingerprint density at radius 3 is 1.51 bits per heavy atom. The lowest BCUT2D eigenvalue weighted by Gasteiger charge is -2.50. The maximum Gasteiger partial charge on any atom is 0.315 e. The number of rotatable bonds is 18. The van der Waals surface area contributed by atoms with Crippen LogP contribution in [0, 0.1) is 0 Å². The first-order valence-corrected chi connectivity index (χ1v) is 18.5. The number of aliphatic hydroxyl groups excluding tert-OH is 6. The molecule has 1 aliphatic carbocycles. The first-order chi connectivity index (χ1) is 27.2. The van der Waals surface area contributed by atoms with E-state index in [1.54, 1.807) is 0 Å². The van der Waals surface area contributed by atoms with Crippen molar-refractivity contribution >= 4 is 24.1 Å². The van der Waals surface area contributed by atoms with Crippen LogP contribution < -0.4 is 71.2 Å². The lowest BCUT2D eigenvalue weighted by atomic mass is 9.83. The predicted molar refractivity (Wildman–Crippen MR) is 195 cm³/mol. The zero-order chi connectivity index (χ0) is 42.2. The van der Waals surface area contributed by atoms with Gasteiger partial charge in [-0.1, -0.05) is 0 Å². The van der Waals surface area contributed by atoms with E-state index in [0.717, 1.165) is 0 Å². The van der Waals surface area contributed by atoms with E-state index in [0.29, 0.717) is 0 Å². The minimum atomic E-state index is -1.90. The molecule has 3 fully saturated rings. The highest BCUT2D eigenvalue weighted by Crippen LogP contribution is 2.33. The number of carbonyl (C=O) groups is 4. The van der Waals surface area contributed by atoms with Gasteiger partial charge in [-0.25, -0.2) is 19.2 Å². The maximum absolute atomic E-state index is 13.0. The fourth-order valence-electron chi connectivity index (χ4n) is 6.40. The van der Waals surface area contributed by atoms with Crippen molar-refractivity contribution in [1.82, 2.24) is 42.5 Å². The molecule has 2 aliphatic heterocycles. The minimum absolute atomic E-state index is 0.0391. The minimum Gasteiger partial charge on any atom is -0.394 e. The summed E-state index contributed by atoms with van der Waals surface area (Å²) in [5.41, 5.74) is 28.1. The summed E-state index contributed by atoms with van der Waals surface area (Å²) in [4.78, 5) is 50.6. The zero-order valence-electron chi connectivity index (χ0n) is 31.3. The Balaban J connectivity index is 1.98. The van der Waals surface area contributed by atoms with Crippen molar-refractivity contribution < 1.29 is 68.8 Å². The molecule has 2 saturated heterocycles. The van der Waals surface area contributed by atoms with Gasteiger partial charge in [-0.3, -0.25) is 0 Å². The van der Waals surface area contributed by atoms with Gasteiger partial charge in [0.25, 0.3) is 0 Å². The molecule has 0 bridgehead atoms. The van der Waals surface area contributed by atoms with Crippen LogP contribution in [0.3, 0.4) is 0 Å². The molecule has 15 atom stereocenters. The normalized spacial score (nSPS) is 35.3. The van der Waals surface area contributed by atoms with Crippen LogP contribution in [-0.2, 0) is 18.9 Å². The van der Waals surface area contributed by atoms with E-state index in [9.17, 15) is 49.8 Å². The number of hydrogen-bond donors (Lipinski definition) is 19. The first-order valence-electron chi connectivity index (χ1n) is 18.5. The quantitative estimate of drug-likeness (QED) is 0.0610. The largest absolute Gasteiger partial charge is 0.394 e. The van der Waals surface area contributed by atoms with Gasteiger partial charge in [0.15, 0.2) is 12.6 Å². The van der Waals surface area contributed by atoms with Crippen molar-refractivity contribution in [2.24, 2.45) is 28.7 Å². The third-order valence-corrected chi connectivity index (χ3v) is 9.30. The molecule has 15 unspecified atom stereocenters. The highest BCUT2D eigenvalue weighted by molar-refractivity contribution is 5.75. The Morgan fingerprint density at radius 2 is 1.02 bits per heavy atom. The van der Waals surface area contributed by atoms with Gasteiger partial charge in [-0.15, -0.1) is 0 Å². The smallest absolute Gasteiger partial charge is 0.315 e. The zero-order valence-corrected chi connectivity index (χ0v) is 31.3. The second-order valence-electron chi connectivity index (χ2n) is 13.5. The number of nitrogens with one attached hydrogen (secondary N) is 8. The molecule has 1 saturated carbocycles. The number of carbonyl (C=O) groups excluding carboxylic acids is 4. The summed E-state index contributed by atoms with van der Waals surface area (Å²) in [6.45, 7) is -0.499. The lowest BCUT2D eigenvalue weighted by Crippen LogP contribution is -2.71. The van der Waals surface area contributed by atoms with Crippen molar-refractivity contribution in [3.05, 3.63) is 0 Å². The van der Waals surface area contributed by atoms with Gasteiger partial charge in [0, 0.05) is 58.9 Å². The van der Waals surface area contributed by atoms with Crippen LogP contribution in [0.2, 0.25) is 0 Å². The van der Waals surface area contributed by atoms with E-state index < -0.39 is 122 Å². The van der Waals surface area contributed by atoms with Gasteiger partial charge in [0.1, 0.15) is 54.9 Å². The molecule has 57 heavy (non-hydrogen) atoms. The van der Waals surface area contributed by atoms with Crippen molar-refractivity contribution in [2.75, 3.05) is 65.5 Å². The number of ether oxygens (including phenoxy) is 4. The van der Waals surface area contributed by atoms with Crippen molar-refractivity contribution in [3.8, 4) is 0 Å². The fourth-order valence-corrected chi connectivity index (χ4v) is 6.40. The molecule has 3 aliphatic rings. The first kappa shape index (κ1) is 47.9. The Kier molecular flexibility index (Phi) is 20.0. The van der Waals surface area contributed by atoms with Crippen molar-refractivity contribution in [2.45, 2.75) is 98.1 Å². The lowest BCUT2D eigenvalue weighted by molar-refractivity contribution is -0.321. The standard InChI is InChI=1S/C30H61N13O14/c31-1-5-36-27(50)40-10-14-19(46)20(47)16(35)25(54-14)56-23-12(41-28(51)37-6-2-32)9-13(42-29(52)38-7-3-33)24(22(23)49)57-26-21(48)17(18(45)15(11-44)55-26)43-30(53)39-8-4-34/h12-26,44-49H,1-11,31-35H2,(H2,36,40,50)(H2,37,41,51)(H2,38,42,52)(H2,39,43,53). The summed E-state index contributed by atoms with van der Waals surface area (Å²) in [5.74, 6) is 0. The molecule has 2 heterocycles. The highest BCUT2D eigenvalue weighted by atomic mass is 16.7. The van der Waals surface area contributed by atoms with Gasteiger partial charge < -0.3 is 121 Å². The molecule has 24 N–H and O–H groups in total. The van der Waals surface area contributed by atoms with E-state index in [4.69, 9.17) is 47.6 Å². The van der Waals surface area contributed by atoms with Crippen LogP contribution in [0.4, 0.5) is 19.2 Å². The van der Waals surface area contributed by atoms with E-state index in [-0.39, 0.29) is 65.3 Å². The van der Waals surface area contributed by atoms with Gasteiger partial charge in [-0.2, -0.15) is 0 Å². The number of hydrogen-bond acceptors (Lipinski definition) is 19. The number of amides is 8. The number of aliphatic hydroxyl groups is 6. The molecule has 330 valence electrons. The van der Waals surface area contributed by atoms with E-state index >= 15 is 0 Å². The molecule has 27 heteroatoms. The Bertz CT molecular complexity index is 1270. The average Bonchev–Trinajstić information content (AvgIpc) is 3.19. The molecule has 27 nitrogen and oxygen atoms in total. The van der Waals surface area contributed by atoms with Crippen molar-refractivity contribution in [1.29, 1.82) is 0 Å². The fraction of sp³-hybridized carbons (Fsp3) is 0.867. The number of urea groups is 4. The topological polar surface area (TPSA) is 453 Å². The molecule has 8 amide bonds. The average molecular weight is 828 g/mol. The predicted octanol–water partition coefficient (Wildman–Crippen LogP) is -10.1. The molecule has 0 aromatic heterocycles. The molecule has 0 radical (unpaired) electrons. The Morgan fingerprint density at radius 1 is 0.561 bits per heavy atom. The van der Waals surface area contributed by atoms with Gasteiger partial charge >= 0.3 is 24.1 Å². The van der Waals surface area contributed by atoms with Gasteiger partial charge in [0.2, 0.25) is 0 Å². The summed E-state index contributed by atoms with van der Waals surface area (Å²) in [6, 6.07) is -8.43. The van der Waals surface area contributed by atoms with Crippen LogP contribution in [0.1, 0.15) is 6.42 Å². The summed E-state index contributed by atoms with van der Waals surface area (Å²) >= 11 is 0. The number of nitrogens with two attached hydrogens (primary N) is 5. The molecule has 0 aromatic carbocycles. The van der Waals surface area contributed by atoms with E-state index in [2.05, 4.69) is 42.5 Å². The third kappa shape index (κ3) is 13.5. The third-order valence-electron chi connectivity index (χ3n) is 9.30. The van der Waals surface area contributed by atoms with Crippen molar-refractivity contribution in [3.63, 3.8) is 0 Å². The summed E-state index contributed by atoms with van der Waals surface area (Å²) < 4.78 is 23.8. The van der Waals surface area contributed by atoms with E-state index in [1.807, 2.05) is 0 Å². The Labute approximate surface area is 327 Å². The Hall–Kier alpha value is -3.52.